The number of alkyl halides is 3. The molecule has 7 heteroatoms. The fourth-order valence-corrected chi connectivity index (χ4v) is 1.46. The highest BCUT2D eigenvalue weighted by Crippen LogP contribution is 2.17. The fraction of sp³-hybridized carbons (Fsp3) is 0.571. The van der Waals surface area contributed by atoms with E-state index in [9.17, 15) is 13.2 Å². The van der Waals surface area contributed by atoms with Gasteiger partial charge in [-0.1, -0.05) is 0 Å². The Kier molecular flexibility index (Phi) is 3.85. The Morgan fingerprint density at radius 2 is 2.21 bits per heavy atom. The Labute approximate surface area is 82.2 Å². The van der Waals surface area contributed by atoms with Gasteiger partial charge in [-0.15, -0.1) is 11.3 Å². The molecular weight excluding hydrogens is 219 g/mol. The molecule has 80 valence electrons. The molecule has 0 saturated carbocycles. The van der Waals surface area contributed by atoms with E-state index in [4.69, 9.17) is 5.11 Å². The van der Waals surface area contributed by atoms with Crippen molar-refractivity contribution in [2.45, 2.75) is 19.4 Å². The Morgan fingerprint density at radius 1 is 1.50 bits per heavy atom. The maximum Gasteiger partial charge on any atom is 0.411 e. The average Bonchev–Trinajstić information content (AvgIpc) is 2.50. The van der Waals surface area contributed by atoms with Gasteiger partial charge in [0, 0.05) is 6.20 Å². The minimum Gasteiger partial charge on any atom is -0.391 e. The first kappa shape index (κ1) is 11.4. The summed E-state index contributed by atoms with van der Waals surface area (Å²) < 4.78 is 39.3. The standard InChI is InChI=1S/C7H8F3NO2S/c8-7(9,10)4-13-3-6-11-1-5(2-12)14-6/h1,12H,2-4H2. The van der Waals surface area contributed by atoms with Crippen LogP contribution < -0.4 is 0 Å². The van der Waals surface area contributed by atoms with E-state index in [0.29, 0.717) is 9.88 Å². The number of thiazole rings is 1. The fourth-order valence-electron chi connectivity index (χ4n) is 0.742. The molecule has 0 radical (unpaired) electrons. The number of hydrogen-bond acceptors (Lipinski definition) is 4. The number of nitrogens with zero attached hydrogens (tertiary/aromatic N) is 1. The van der Waals surface area contributed by atoms with Crippen LogP contribution in [0.5, 0.6) is 0 Å². The van der Waals surface area contributed by atoms with Crippen LogP contribution in [0.4, 0.5) is 13.2 Å². The zero-order valence-electron chi connectivity index (χ0n) is 7.04. The van der Waals surface area contributed by atoms with Crippen LogP contribution >= 0.6 is 11.3 Å². The molecule has 0 bridgehead atoms. The van der Waals surface area contributed by atoms with E-state index in [-0.39, 0.29) is 13.2 Å². The predicted molar refractivity (Wildman–Crippen MR) is 43.7 cm³/mol. The van der Waals surface area contributed by atoms with Gasteiger partial charge >= 0.3 is 6.18 Å². The van der Waals surface area contributed by atoms with Gasteiger partial charge in [0.15, 0.2) is 0 Å². The van der Waals surface area contributed by atoms with E-state index in [1.54, 1.807) is 0 Å². The monoisotopic (exact) mass is 227 g/mol. The van der Waals surface area contributed by atoms with Crippen molar-refractivity contribution in [2.75, 3.05) is 6.61 Å². The van der Waals surface area contributed by atoms with Crippen LogP contribution in [-0.2, 0) is 18.0 Å². The van der Waals surface area contributed by atoms with Crippen LogP contribution in [0.25, 0.3) is 0 Å². The third kappa shape index (κ3) is 4.03. The lowest BCUT2D eigenvalue weighted by Crippen LogP contribution is -2.16. The van der Waals surface area contributed by atoms with Gasteiger partial charge in [-0.2, -0.15) is 13.2 Å². The molecule has 1 N–H and O–H groups in total. The lowest BCUT2D eigenvalue weighted by molar-refractivity contribution is -0.176. The Balaban J connectivity index is 2.31. The number of aliphatic hydroxyl groups is 1. The van der Waals surface area contributed by atoms with Gasteiger partial charge in [-0.3, -0.25) is 0 Å². The van der Waals surface area contributed by atoms with Crippen molar-refractivity contribution in [2.24, 2.45) is 0 Å². The molecule has 0 aromatic carbocycles. The van der Waals surface area contributed by atoms with Crippen LogP contribution in [0.15, 0.2) is 6.20 Å². The summed E-state index contributed by atoms with van der Waals surface area (Å²) in [5.41, 5.74) is 0. The highest BCUT2D eigenvalue weighted by molar-refractivity contribution is 7.11. The van der Waals surface area contributed by atoms with Gasteiger partial charge < -0.3 is 9.84 Å². The number of rotatable bonds is 4. The molecule has 0 aliphatic heterocycles. The quantitative estimate of drug-likeness (QED) is 0.851. The smallest absolute Gasteiger partial charge is 0.391 e. The lowest BCUT2D eigenvalue weighted by Gasteiger charge is -2.05. The first-order valence-corrected chi connectivity index (χ1v) is 4.52. The molecule has 0 amide bonds. The lowest BCUT2D eigenvalue weighted by atomic mass is 10.6. The van der Waals surface area contributed by atoms with Crippen LogP contribution in [0.2, 0.25) is 0 Å². The topological polar surface area (TPSA) is 42.4 Å². The maximum atomic E-state index is 11.6. The van der Waals surface area contributed by atoms with Gasteiger partial charge in [0.2, 0.25) is 0 Å². The highest BCUT2D eigenvalue weighted by atomic mass is 32.1. The van der Waals surface area contributed by atoms with Crippen molar-refractivity contribution in [3.63, 3.8) is 0 Å². The summed E-state index contributed by atoms with van der Waals surface area (Å²) in [6.45, 7) is -1.61. The van der Waals surface area contributed by atoms with Crippen molar-refractivity contribution in [3.05, 3.63) is 16.1 Å². The highest BCUT2D eigenvalue weighted by Gasteiger charge is 2.27. The van der Waals surface area contributed by atoms with Crippen LogP contribution in [0.1, 0.15) is 9.88 Å². The molecule has 14 heavy (non-hydrogen) atoms. The molecule has 0 fully saturated rings. The Hall–Kier alpha value is -0.660. The maximum absolute atomic E-state index is 11.6. The molecule has 0 aliphatic rings. The molecule has 1 aromatic heterocycles. The summed E-state index contributed by atoms with van der Waals surface area (Å²) in [6.07, 6.45) is -2.89. The van der Waals surface area contributed by atoms with Crippen molar-refractivity contribution in [1.29, 1.82) is 0 Å². The van der Waals surface area contributed by atoms with E-state index in [2.05, 4.69) is 9.72 Å². The molecule has 0 unspecified atom stereocenters. The average molecular weight is 227 g/mol. The van der Waals surface area contributed by atoms with Crippen LogP contribution in [0, 0.1) is 0 Å². The predicted octanol–water partition coefficient (Wildman–Crippen LogP) is 1.71. The van der Waals surface area contributed by atoms with Gasteiger partial charge in [-0.05, 0) is 0 Å². The first-order chi connectivity index (χ1) is 6.51. The third-order valence-electron chi connectivity index (χ3n) is 1.25. The zero-order valence-corrected chi connectivity index (χ0v) is 7.86. The number of aromatic nitrogens is 1. The summed E-state index contributed by atoms with van der Waals surface area (Å²) in [4.78, 5) is 4.38. The molecule has 1 rings (SSSR count). The third-order valence-corrected chi connectivity index (χ3v) is 2.20. The molecule has 0 aliphatic carbocycles. The van der Waals surface area contributed by atoms with Crippen LogP contribution in [0.3, 0.4) is 0 Å². The van der Waals surface area contributed by atoms with Gasteiger partial charge in [0.1, 0.15) is 11.6 Å². The molecule has 0 atom stereocenters. The van der Waals surface area contributed by atoms with Gasteiger partial charge in [-0.25, -0.2) is 4.98 Å². The van der Waals surface area contributed by atoms with E-state index >= 15 is 0 Å². The zero-order chi connectivity index (χ0) is 10.6. The van der Waals surface area contributed by atoms with E-state index in [0.717, 1.165) is 11.3 Å². The summed E-state index contributed by atoms with van der Waals surface area (Å²) in [5, 5.41) is 9.08. The minimum atomic E-state index is -4.31. The summed E-state index contributed by atoms with van der Waals surface area (Å²) >= 11 is 1.13. The molecular formula is C7H8F3NO2S. The SMILES string of the molecule is OCc1cnc(COCC(F)(F)F)s1. The van der Waals surface area contributed by atoms with Crippen molar-refractivity contribution in [1.82, 2.24) is 4.98 Å². The molecule has 3 nitrogen and oxygen atoms in total. The van der Waals surface area contributed by atoms with E-state index in [1.165, 1.54) is 6.20 Å². The second-order valence-electron chi connectivity index (χ2n) is 2.49. The minimum absolute atomic E-state index is 0.156. The largest absolute Gasteiger partial charge is 0.411 e. The molecule has 0 spiro atoms. The molecule has 1 aromatic rings. The second-order valence-corrected chi connectivity index (χ2v) is 3.69. The number of halogens is 3. The van der Waals surface area contributed by atoms with Gasteiger partial charge in [0.05, 0.1) is 18.1 Å². The van der Waals surface area contributed by atoms with Crippen molar-refractivity contribution >= 4 is 11.3 Å². The Bertz CT molecular complexity index is 287. The van der Waals surface area contributed by atoms with Gasteiger partial charge in [0.25, 0.3) is 0 Å². The summed E-state index contributed by atoms with van der Waals surface area (Å²) in [7, 11) is 0. The van der Waals surface area contributed by atoms with E-state index < -0.39 is 12.8 Å². The molecule has 0 saturated heterocycles. The second kappa shape index (κ2) is 4.72. The molecule has 1 heterocycles. The first-order valence-electron chi connectivity index (χ1n) is 3.70. The van der Waals surface area contributed by atoms with Crippen molar-refractivity contribution in [3.8, 4) is 0 Å². The van der Waals surface area contributed by atoms with Crippen LogP contribution in [-0.4, -0.2) is 22.9 Å². The number of aliphatic hydroxyl groups excluding tert-OH is 1. The number of hydrogen-bond donors (Lipinski definition) is 1. The van der Waals surface area contributed by atoms with E-state index in [1.807, 2.05) is 0 Å². The normalized spacial score (nSPS) is 12.0. The summed E-state index contributed by atoms with van der Waals surface area (Å²) in [6, 6.07) is 0. The number of ether oxygens (including phenoxy) is 1. The van der Waals surface area contributed by atoms with Crippen molar-refractivity contribution < 1.29 is 23.0 Å². The Morgan fingerprint density at radius 3 is 2.71 bits per heavy atom. The summed E-state index contributed by atoms with van der Waals surface area (Å²) in [5.74, 6) is 0.